The summed E-state index contributed by atoms with van der Waals surface area (Å²) in [5.41, 5.74) is -1.03. The summed E-state index contributed by atoms with van der Waals surface area (Å²) in [5, 5.41) is 0.988. The maximum absolute atomic E-state index is 12.6. The second-order valence-electron chi connectivity index (χ2n) is 5.40. The summed E-state index contributed by atoms with van der Waals surface area (Å²) in [7, 11) is 0. The Kier molecular flexibility index (Phi) is 3.52. The molecule has 2 unspecified atom stereocenters. The third-order valence-electron chi connectivity index (χ3n) is 3.95. The molecule has 2 saturated heterocycles. The van der Waals surface area contributed by atoms with E-state index in [2.05, 4.69) is 4.98 Å². The van der Waals surface area contributed by atoms with Crippen LogP contribution in [0.4, 0.5) is 13.2 Å². The van der Waals surface area contributed by atoms with E-state index in [1.54, 1.807) is 0 Å². The molecular weight excluding hydrogens is 287 g/mol. The first-order chi connectivity index (χ1) is 9.43. The van der Waals surface area contributed by atoms with Crippen molar-refractivity contribution in [3.63, 3.8) is 0 Å². The van der Waals surface area contributed by atoms with Crippen molar-refractivity contribution in [1.29, 1.82) is 0 Å². The molecule has 2 bridgehead atoms. The molecule has 2 nitrogen and oxygen atoms in total. The molecule has 0 amide bonds. The molecule has 2 atom stereocenters. The Morgan fingerprint density at radius 3 is 2.45 bits per heavy atom. The van der Waals surface area contributed by atoms with Crippen LogP contribution in [0.2, 0.25) is 0 Å². The van der Waals surface area contributed by atoms with Crippen LogP contribution in [0.1, 0.15) is 41.9 Å². The molecule has 0 radical (unpaired) electrons. The van der Waals surface area contributed by atoms with E-state index in [4.69, 9.17) is 0 Å². The first-order valence-electron chi connectivity index (χ1n) is 6.67. The highest BCUT2D eigenvalue weighted by Crippen LogP contribution is 2.46. The van der Waals surface area contributed by atoms with E-state index >= 15 is 0 Å². The monoisotopic (exact) mass is 301 g/mol. The van der Waals surface area contributed by atoms with Gasteiger partial charge < -0.3 is 0 Å². The van der Waals surface area contributed by atoms with Crippen LogP contribution in [0.25, 0.3) is 0 Å². The molecule has 20 heavy (non-hydrogen) atoms. The highest BCUT2D eigenvalue weighted by Gasteiger charge is 2.39. The Bertz CT molecular complexity index is 519. The van der Waals surface area contributed by atoms with Gasteiger partial charge in [-0.15, -0.1) is 0 Å². The SMILES string of the molecule is O=C(c1cccc(C(F)(F)F)n1)C1CC2CCC(C1)S2. The number of hydrogen-bond donors (Lipinski definition) is 0. The molecule has 2 aliphatic heterocycles. The predicted molar refractivity (Wildman–Crippen MR) is 70.7 cm³/mol. The summed E-state index contributed by atoms with van der Waals surface area (Å²) in [6.07, 6.45) is -0.710. The molecule has 1 aromatic rings. The number of fused-ring (bicyclic) bond motifs is 2. The number of carbonyl (C=O) groups is 1. The lowest BCUT2D eigenvalue weighted by atomic mass is 9.92. The van der Waals surface area contributed by atoms with E-state index in [0.717, 1.165) is 31.7 Å². The molecule has 0 aromatic carbocycles. The summed E-state index contributed by atoms with van der Waals surface area (Å²) in [5.74, 6) is -0.391. The standard InChI is InChI=1S/C14H14F3NOS/c15-14(16,17)12-3-1-2-11(18-12)13(19)8-6-9-4-5-10(7-8)20-9/h1-3,8-10H,4-7H2. The largest absolute Gasteiger partial charge is 0.433 e. The van der Waals surface area contributed by atoms with Crippen molar-refractivity contribution in [1.82, 2.24) is 4.98 Å². The molecule has 0 N–H and O–H groups in total. The molecule has 3 heterocycles. The lowest BCUT2D eigenvalue weighted by Gasteiger charge is -2.26. The van der Waals surface area contributed by atoms with Crippen molar-refractivity contribution in [2.24, 2.45) is 5.92 Å². The smallest absolute Gasteiger partial charge is 0.292 e. The van der Waals surface area contributed by atoms with E-state index in [0.29, 0.717) is 10.5 Å². The third-order valence-corrected chi connectivity index (χ3v) is 5.58. The lowest BCUT2D eigenvalue weighted by molar-refractivity contribution is -0.141. The maximum Gasteiger partial charge on any atom is 0.433 e. The van der Waals surface area contributed by atoms with Gasteiger partial charge in [0, 0.05) is 16.4 Å². The van der Waals surface area contributed by atoms with Crippen molar-refractivity contribution in [2.45, 2.75) is 42.4 Å². The van der Waals surface area contributed by atoms with Gasteiger partial charge in [0.2, 0.25) is 0 Å². The number of aromatic nitrogens is 1. The van der Waals surface area contributed by atoms with Crippen LogP contribution in [0, 0.1) is 5.92 Å². The quantitative estimate of drug-likeness (QED) is 0.775. The molecule has 6 heteroatoms. The van der Waals surface area contributed by atoms with Crippen LogP contribution < -0.4 is 0 Å². The Hall–Kier alpha value is -1.04. The Morgan fingerprint density at radius 2 is 1.85 bits per heavy atom. The molecule has 2 fully saturated rings. The van der Waals surface area contributed by atoms with Gasteiger partial charge in [0.05, 0.1) is 0 Å². The van der Waals surface area contributed by atoms with Gasteiger partial charge in [-0.1, -0.05) is 6.07 Å². The van der Waals surface area contributed by atoms with Crippen LogP contribution in [0.15, 0.2) is 18.2 Å². The second-order valence-corrected chi connectivity index (χ2v) is 7.00. The number of ketones is 1. The summed E-state index contributed by atoms with van der Waals surface area (Å²) in [6, 6.07) is 3.55. The van der Waals surface area contributed by atoms with E-state index in [1.165, 1.54) is 12.1 Å². The van der Waals surface area contributed by atoms with Gasteiger partial charge >= 0.3 is 6.18 Å². The third kappa shape index (κ3) is 2.71. The van der Waals surface area contributed by atoms with Crippen molar-refractivity contribution < 1.29 is 18.0 Å². The van der Waals surface area contributed by atoms with Crippen LogP contribution in [0.5, 0.6) is 0 Å². The average molecular weight is 301 g/mol. The number of hydrogen-bond acceptors (Lipinski definition) is 3. The first-order valence-corrected chi connectivity index (χ1v) is 7.61. The zero-order valence-corrected chi connectivity index (χ0v) is 11.5. The summed E-state index contributed by atoms with van der Waals surface area (Å²) >= 11 is 1.92. The number of halogens is 3. The minimum atomic E-state index is -4.50. The molecule has 0 saturated carbocycles. The first kappa shape index (κ1) is 13.9. The number of alkyl halides is 3. The summed E-state index contributed by atoms with van der Waals surface area (Å²) in [4.78, 5) is 15.9. The molecule has 3 rings (SSSR count). The van der Waals surface area contributed by atoms with E-state index in [1.807, 2.05) is 11.8 Å². The molecule has 0 spiro atoms. The molecule has 1 aromatic heterocycles. The Morgan fingerprint density at radius 1 is 1.20 bits per heavy atom. The predicted octanol–water partition coefficient (Wildman–Crippen LogP) is 3.96. The topological polar surface area (TPSA) is 30.0 Å². The zero-order valence-electron chi connectivity index (χ0n) is 10.7. The number of rotatable bonds is 2. The van der Waals surface area contributed by atoms with E-state index in [9.17, 15) is 18.0 Å². The van der Waals surface area contributed by atoms with Crippen molar-refractivity contribution in [2.75, 3.05) is 0 Å². The molecule has 108 valence electrons. The summed E-state index contributed by atoms with van der Waals surface area (Å²) < 4.78 is 37.9. The van der Waals surface area contributed by atoms with E-state index in [-0.39, 0.29) is 17.4 Å². The fourth-order valence-corrected chi connectivity index (χ4v) is 4.79. The average Bonchev–Trinajstić information content (AvgIpc) is 2.76. The van der Waals surface area contributed by atoms with Gasteiger partial charge in [-0.25, -0.2) is 4.98 Å². The van der Waals surface area contributed by atoms with Gasteiger partial charge in [0.25, 0.3) is 0 Å². The Balaban J connectivity index is 1.80. The molecular formula is C14H14F3NOS. The van der Waals surface area contributed by atoms with E-state index < -0.39 is 11.9 Å². The van der Waals surface area contributed by atoms with Gasteiger partial charge in [-0.05, 0) is 37.8 Å². The van der Waals surface area contributed by atoms with Crippen LogP contribution in [0.3, 0.4) is 0 Å². The van der Waals surface area contributed by atoms with Gasteiger partial charge in [-0.2, -0.15) is 24.9 Å². The van der Waals surface area contributed by atoms with Crippen molar-refractivity contribution in [3.8, 4) is 0 Å². The second kappa shape index (κ2) is 5.06. The van der Waals surface area contributed by atoms with Crippen molar-refractivity contribution >= 4 is 17.5 Å². The highest BCUT2D eigenvalue weighted by atomic mass is 32.2. The Labute approximate surface area is 119 Å². The normalized spacial score (nSPS) is 29.4. The minimum Gasteiger partial charge on any atom is -0.292 e. The zero-order chi connectivity index (χ0) is 14.3. The fourth-order valence-electron chi connectivity index (χ4n) is 3.01. The maximum atomic E-state index is 12.6. The van der Waals surface area contributed by atoms with Gasteiger partial charge in [0.15, 0.2) is 5.78 Å². The highest BCUT2D eigenvalue weighted by molar-refractivity contribution is 8.00. The van der Waals surface area contributed by atoms with Crippen LogP contribution in [-0.2, 0) is 6.18 Å². The number of Topliss-reactive ketones (excluding diaryl/α,β-unsaturated/α-hetero) is 1. The van der Waals surface area contributed by atoms with Crippen LogP contribution >= 0.6 is 11.8 Å². The van der Waals surface area contributed by atoms with Gasteiger partial charge in [-0.3, -0.25) is 4.79 Å². The number of carbonyl (C=O) groups excluding carboxylic acids is 1. The number of thioether (sulfide) groups is 1. The van der Waals surface area contributed by atoms with Crippen molar-refractivity contribution in [3.05, 3.63) is 29.6 Å². The molecule has 2 aliphatic rings. The van der Waals surface area contributed by atoms with Crippen LogP contribution in [-0.4, -0.2) is 21.3 Å². The summed E-state index contributed by atoms with van der Waals surface area (Å²) in [6.45, 7) is 0. The lowest BCUT2D eigenvalue weighted by Crippen LogP contribution is -2.26. The fraction of sp³-hybridized carbons (Fsp3) is 0.571. The number of pyridine rings is 1. The minimum absolute atomic E-state index is 0.0453. The molecule has 0 aliphatic carbocycles. The number of nitrogens with zero attached hydrogens (tertiary/aromatic N) is 1. The van der Waals surface area contributed by atoms with Gasteiger partial charge in [0.1, 0.15) is 11.4 Å².